The zero-order chi connectivity index (χ0) is 16.5. The van der Waals surface area contributed by atoms with Gasteiger partial charge in [0, 0.05) is 11.1 Å². The lowest BCUT2D eigenvalue weighted by molar-refractivity contribution is 0.437. The number of halogens is 2. The fourth-order valence-corrected chi connectivity index (χ4v) is 3.96. The van der Waals surface area contributed by atoms with Crippen LogP contribution in [0, 0.1) is 5.92 Å². The number of aromatic nitrogens is 2. The first-order valence-corrected chi connectivity index (χ1v) is 9.40. The number of nitrogens with one attached hydrogen (secondary N) is 1. The van der Waals surface area contributed by atoms with Gasteiger partial charge in [-0.15, -0.1) is 0 Å². The summed E-state index contributed by atoms with van der Waals surface area (Å²) in [6.07, 6.45) is 11.3. The van der Waals surface area contributed by atoms with E-state index in [2.05, 4.69) is 27.2 Å². The lowest BCUT2D eigenvalue weighted by Gasteiger charge is -2.19. The van der Waals surface area contributed by atoms with Crippen molar-refractivity contribution in [1.29, 1.82) is 0 Å². The Morgan fingerprint density at radius 1 is 1.08 bits per heavy atom. The maximum Gasteiger partial charge on any atom is 0.0689 e. The molecule has 126 valence electrons. The van der Waals surface area contributed by atoms with Crippen LogP contribution in [0.4, 0.5) is 0 Å². The predicted molar refractivity (Wildman–Crippen MR) is 101 cm³/mol. The van der Waals surface area contributed by atoms with Crippen molar-refractivity contribution in [3.05, 3.63) is 46.2 Å². The van der Waals surface area contributed by atoms with E-state index in [4.69, 9.17) is 23.2 Å². The first-order valence-electron chi connectivity index (χ1n) is 8.65. The van der Waals surface area contributed by atoms with Gasteiger partial charge in [0.25, 0.3) is 0 Å². The zero-order valence-corrected chi connectivity index (χ0v) is 15.0. The van der Waals surface area contributed by atoms with Gasteiger partial charge in [0.1, 0.15) is 0 Å². The lowest BCUT2D eigenvalue weighted by Crippen LogP contribution is -2.26. The highest BCUT2D eigenvalue weighted by molar-refractivity contribution is 6.39. The first-order chi connectivity index (χ1) is 11.7. The Balaban J connectivity index is 1.73. The molecule has 2 fully saturated rings. The summed E-state index contributed by atoms with van der Waals surface area (Å²) < 4.78 is 2.15. The molecule has 2 heterocycles. The third-order valence-corrected chi connectivity index (χ3v) is 5.50. The number of piperidine rings is 1. The molecule has 1 saturated carbocycles. The number of benzene rings is 1. The Labute approximate surface area is 152 Å². The van der Waals surface area contributed by atoms with Crippen molar-refractivity contribution < 1.29 is 0 Å². The summed E-state index contributed by atoms with van der Waals surface area (Å²) >= 11 is 12.9. The van der Waals surface area contributed by atoms with Gasteiger partial charge in [-0.3, -0.25) is 4.68 Å². The second-order valence-corrected chi connectivity index (χ2v) is 7.48. The Morgan fingerprint density at radius 3 is 2.46 bits per heavy atom. The summed E-state index contributed by atoms with van der Waals surface area (Å²) in [5.41, 5.74) is 3.05. The standard InChI is InChI=1S/C19H21Cl2N3/c20-16-2-1-3-17(21)19(16)15-12-23-24(14-5-6-14)18(15)7-4-13-8-10-22-11-9-13/h1-4,7,12-14,22H,5-6,8-11H2/b7-4+. The molecule has 0 radical (unpaired) electrons. The third kappa shape index (κ3) is 3.26. The molecule has 3 nitrogen and oxygen atoms in total. The summed E-state index contributed by atoms with van der Waals surface area (Å²) in [5.74, 6) is 0.628. The molecule has 4 rings (SSSR count). The van der Waals surface area contributed by atoms with Crippen molar-refractivity contribution >= 4 is 29.3 Å². The molecule has 0 unspecified atom stereocenters. The minimum atomic E-state index is 0.521. The molecule has 1 N–H and O–H groups in total. The Bertz CT molecular complexity index is 736. The molecule has 24 heavy (non-hydrogen) atoms. The van der Waals surface area contributed by atoms with Crippen molar-refractivity contribution in [3.63, 3.8) is 0 Å². The maximum atomic E-state index is 6.44. The second-order valence-electron chi connectivity index (χ2n) is 6.66. The molecule has 2 aromatic rings. The average molecular weight is 362 g/mol. The van der Waals surface area contributed by atoms with Crippen LogP contribution in [-0.2, 0) is 0 Å². The van der Waals surface area contributed by atoms with Gasteiger partial charge < -0.3 is 5.32 Å². The Hall–Kier alpha value is -1.29. The second kappa shape index (κ2) is 6.91. The van der Waals surface area contributed by atoms with Gasteiger partial charge >= 0.3 is 0 Å². The number of allylic oxidation sites excluding steroid dienone is 1. The minimum Gasteiger partial charge on any atom is -0.317 e. The predicted octanol–water partition coefficient (Wildman–Crippen LogP) is 5.20. The highest BCUT2D eigenvalue weighted by Crippen LogP contribution is 2.41. The molecular formula is C19H21Cl2N3. The molecule has 0 amide bonds. The number of hydrogen-bond donors (Lipinski definition) is 1. The average Bonchev–Trinajstić information content (AvgIpc) is 3.35. The Kier molecular flexibility index (Phi) is 4.66. The minimum absolute atomic E-state index is 0.521. The van der Waals surface area contributed by atoms with E-state index < -0.39 is 0 Å². The Morgan fingerprint density at radius 2 is 1.79 bits per heavy atom. The van der Waals surface area contributed by atoms with E-state index >= 15 is 0 Å². The van der Waals surface area contributed by atoms with E-state index in [0.717, 1.165) is 29.9 Å². The van der Waals surface area contributed by atoms with Crippen LogP contribution in [0.2, 0.25) is 10.0 Å². The highest BCUT2D eigenvalue weighted by atomic mass is 35.5. The molecule has 0 bridgehead atoms. The molecule has 1 aliphatic heterocycles. The smallest absolute Gasteiger partial charge is 0.0689 e. The highest BCUT2D eigenvalue weighted by Gasteiger charge is 2.28. The molecular weight excluding hydrogens is 341 g/mol. The van der Waals surface area contributed by atoms with Crippen LogP contribution in [0.3, 0.4) is 0 Å². The van der Waals surface area contributed by atoms with Crippen LogP contribution in [-0.4, -0.2) is 22.9 Å². The van der Waals surface area contributed by atoms with E-state index in [1.165, 1.54) is 25.7 Å². The van der Waals surface area contributed by atoms with Crippen molar-refractivity contribution in [1.82, 2.24) is 15.1 Å². The van der Waals surface area contributed by atoms with E-state index in [9.17, 15) is 0 Å². The van der Waals surface area contributed by atoms with Gasteiger partial charge in [-0.1, -0.05) is 35.3 Å². The summed E-state index contributed by atoms with van der Waals surface area (Å²) in [6, 6.07) is 6.17. The molecule has 2 aliphatic rings. The van der Waals surface area contributed by atoms with E-state index in [1.54, 1.807) is 0 Å². The lowest BCUT2D eigenvalue weighted by atomic mass is 9.96. The van der Waals surface area contributed by atoms with Gasteiger partial charge in [-0.25, -0.2) is 0 Å². The zero-order valence-electron chi connectivity index (χ0n) is 13.5. The van der Waals surface area contributed by atoms with Crippen LogP contribution in [0.1, 0.15) is 37.4 Å². The van der Waals surface area contributed by atoms with E-state index in [0.29, 0.717) is 22.0 Å². The molecule has 5 heteroatoms. The van der Waals surface area contributed by atoms with Gasteiger partial charge in [-0.2, -0.15) is 5.10 Å². The fraction of sp³-hybridized carbons (Fsp3) is 0.421. The van der Waals surface area contributed by atoms with Gasteiger partial charge in [0.05, 0.1) is 28.0 Å². The van der Waals surface area contributed by atoms with Gasteiger partial charge in [0.2, 0.25) is 0 Å². The van der Waals surface area contributed by atoms with Crippen LogP contribution in [0.5, 0.6) is 0 Å². The SMILES string of the molecule is Clc1cccc(Cl)c1-c1cnn(C2CC2)c1/C=C/C1CCNCC1. The monoisotopic (exact) mass is 361 g/mol. The number of nitrogens with zero attached hydrogens (tertiary/aromatic N) is 2. The topological polar surface area (TPSA) is 29.9 Å². The molecule has 0 spiro atoms. The van der Waals surface area contributed by atoms with Crippen molar-refractivity contribution in [2.24, 2.45) is 5.92 Å². The molecule has 0 atom stereocenters. The number of hydrogen-bond acceptors (Lipinski definition) is 2. The van der Waals surface area contributed by atoms with Gasteiger partial charge in [0.15, 0.2) is 0 Å². The van der Waals surface area contributed by atoms with Crippen LogP contribution in [0.25, 0.3) is 17.2 Å². The van der Waals surface area contributed by atoms with Crippen LogP contribution in [0.15, 0.2) is 30.5 Å². The third-order valence-electron chi connectivity index (χ3n) is 4.87. The first kappa shape index (κ1) is 16.2. The van der Waals surface area contributed by atoms with Gasteiger partial charge in [-0.05, 0) is 62.9 Å². The summed E-state index contributed by atoms with van der Waals surface area (Å²) in [6.45, 7) is 2.19. The quantitative estimate of drug-likeness (QED) is 0.810. The molecule has 1 aromatic carbocycles. The van der Waals surface area contributed by atoms with Crippen molar-refractivity contribution in [2.75, 3.05) is 13.1 Å². The normalized spacial score (nSPS) is 19.2. The largest absolute Gasteiger partial charge is 0.317 e. The molecule has 1 aliphatic carbocycles. The van der Waals surface area contributed by atoms with Crippen molar-refractivity contribution in [2.45, 2.75) is 31.7 Å². The van der Waals surface area contributed by atoms with Crippen LogP contribution >= 0.6 is 23.2 Å². The number of rotatable bonds is 4. The van der Waals surface area contributed by atoms with E-state index in [-0.39, 0.29) is 0 Å². The summed E-state index contributed by atoms with van der Waals surface area (Å²) in [7, 11) is 0. The molecule has 1 aromatic heterocycles. The summed E-state index contributed by atoms with van der Waals surface area (Å²) in [5, 5.41) is 9.40. The van der Waals surface area contributed by atoms with Crippen LogP contribution < -0.4 is 5.32 Å². The van der Waals surface area contributed by atoms with E-state index in [1.807, 2.05) is 24.4 Å². The van der Waals surface area contributed by atoms with Crippen molar-refractivity contribution in [3.8, 4) is 11.1 Å². The maximum absolute atomic E-state index is 6.44. The fourth-order valence-electron chi connectivity index (χ4n) is 3.36. The molecule has 1 saturated heterocycles. The summed E-state index contributed by atoms with van der Waals surface area (Å²) in [4.78, 5) is 0.